The summed E-state index contributed by atoms with van der Waals surface area (Å²) in [5, 5.41) is 9.58. The Bertz CT molecular complexity index is 769. The van der Waals surface area contributed by atoms with Gasteiger partial charge in [-0.3, -0.25) is 0 Å². The lowest BCUT2D eigenvalue weighted by molar-refractivity contribution is -0.130. The highest BCUT2D eigenvalue weighted by molar-refractivity contribution is 6.20. The molecule has 0 saturated carbocycles. The maximum absolute atomic E-state index is 11.7. The number of carboxylic acid groups (broad SMARTS) is 1. The molecule has 0 atom stereocenters. The normalized spacial score (nSPS) is 11.5. The molecule has 0 amide bonds. The lowest BCUT2D eigenvalue weighted by atomic mass is 10.0. The van der Waals surface area contributed by atoms with Crippen LogP contribution in [0.15, 0.2) is 48.5 Å². The summed E-state index contributed by atoms with van der Waals surface area (Å²) >= 11 is 0. The molecule has 1 N–H and O–H groups in total. The van der Waals surface area contributed by atoms with Crippen molar-refractivity contribution in [2.45, 2.75) is 13.3 Å². The average Bonchev–Trinajstić information content (AvgIpc) is 2.65. The fourth-order valence-electron chi connectivity index (χ4n) is 2.62. The van der Waals surface area contributed by atoms with Crippen LogP contribution in [0.1, 0.15) is 24.5 Å². The first kappa shape index (κ1) is 20.5. The Morgan fingerprint density at radius 3 is 2.44 bits per heavy atom. The standard InChI is InChI=1S/C22H27NO4/c1-4-26-21-16-17(11-12-20(21)27-14-8-13-23(2)3)15-19(22(24)25)18-9-6-5-7-10-18/h5-7,9-12,15-16H,4,8,13-14H2,1-3H3,(H,24,25)/b19-15+. The van der Waals surface area contributed by atoms with Crippen molar-refractivity contribution in [1.29, 1.82) is 0 Å². The maximum Gasteiger partial charge on any atom is 0.336 e. The summed E-state index contributed by atoms with van der Waals surface area (Å²) in [6, 6.07) is 14.6. The Morgan fingerprint density at radius 1 is 1.07 bits per heavy atom. The second-order valence-electron chi connectivity index (χ2n) is 6.37. The van der Waals surface area contributed by atoms with Gasteiger partial charge in [0.25, 0.3) is 0 Å². The molecule has 0 spiro atoms. The molecule has 0 heterocycles. The molecule has 0 aliphatic carbocycles. The predicted molar refractivity (Wildman–Crippen MR) is 108 cm³/mol. The highest BCUT2D eigenvalue weighted by Crippen LogP contribution is 2.30. The highest BCUT2D eigenvalue weighted by Gasteiger charge is 2.12. The van der Waals surface area contributed by atoms with Gasteiger partial charge in [0.2, 0.25) is 0 Å². The monoisotopic (exact) mass is 369 g/mol. The summed E-state index contributed by atoms with van der Waals surface area (Å²) in [5.74, 6) is 0.321. The van der Waals surface area contributed by atoms with E-state index >= 15 is 0 Å². The molecule has 5 heteroatoms. The van der Waals surface area contributed by atoms with Crippen LogP contribution in [0.3, 0.4) is 0 Å². The minimum absolute atomic E-state index is 0.234. The van der Waals surface area contributed by atoms with Gasteiger partial charge in [-0.15, -0.1) is 0 Å². The second-order valence-corrected chi connectivity index (χ2v) is 6.37. The number of ether oxygens (including phenoxy) is 2. The first-order valence-corrected chi connectivity index (χ1v) is 9.06. The lowest BCUT2D eigenvalue weighted by Gasteiger charge is -2.14. The molecule has 0 aromatic heterocycles. The van der Waals surface area contributed by atoms with Gasteiger partial charge in [0.1, 0.15) is 0 Å². The molecule has 27 heavy (non-hydrogen) atoms. The zero-order valence-electron chi connectivity index (χ0n) is 16.1. The largest absolute Gasteiger partial charge is 0.490 e. The van der Waals surface area contributed by atoms with Crippen LogP contribution >= 0.6 is 0 Å². The van der Waals surface area contributed by atoms with Gasteiger partial charge in [0.15, 0.2) is 11.5 Å². The third-order valence-corrected chi connectivity index (χ3v) is 3.90. The van der Waals surface area contributed by atoms with Crippen molar-refractivity contribution in [2.75, 3.05) is 33.9 Å². The predicted octanol–water partition coefficient (Wildman–Crippen LogP) is 4.04. The van der Waals surface area contributed by atoms with E-state index in [2.05, 4.69) is 4.90 Å². The van der Waals surface area contributed by atoms with Gasteiger partial charge in [0, 0.05) is 6.54 Å². The van der Waals surface area contributed by atoms with E-state index in [4.69, 9.17) is 9.47 Å². The molecular formula is C22H27NO4. The molecule has 5 nitrogen and oxygen atoms in total. The van der Waals surface area contributed by atoms with Gasteiger partial charge in [-0.05, 0) is 56.8 Å². The van der Waals surface area contributed by atoms with Crippen LogP contribution in [0.5, 0.6) is 11.5 Å². The third kappa shape index (κ3) is 6.46. The van der Waals surface area contributed by atoms with Crippen molar-refractivity contribution in [1.82, 2.24) is 4.90 Å². The van der Waals surface area contributed by atoms with Crippen LogP contribution in [-0.4, -0.2) is 49.8 Å². The summed E-state index contributed by atoms with van der Waals surface area (Å²) in [6.45, 7) is 3.96. The fourth-order valence-corrected chi connectivity index (χ4v) is 2.62. The van der Waals surface area contributed by atoms with Gasteiger partial charge in [-0.1, -0.05) is 36.4 Å². The number of aliphatic carboxylic acids is 1. The Hall–Kier alpha value is -2.79. The molecule has 0 fully saturated rings. The van der Waals surface area contributed by atoms with Gasteiger partial charge < -0.3 is 19.5 Å². The molecule has 2 aromatic carbocycles. The highest BCUT2D eigenvalue weighted by atomic mass is 16.5. The molecule has 0 saturated heterocycles. The van der Waals surface area contributed by atoms with Crippen molar-refractivity contribution in [3.8, 4) is 11.5 Å². The molecular weight excluding hydrogens is 342 g/mol. The minimum atomic E-state index is -0.969. The number of rotatable bonds is 10. The van der Waals surface area contributed by atoms with Crippen LogP contribution in [0.4, 0.5) is 0 Å². The number of carbonyl (C=O) groups is 1. The van der Waals surface area contributed by atoms with Crippen molar-refractivity contribution in [3.05, 3.63) is 59.7 Å². The second kappa shape index (κ2) is 10.4. The maximum atomic E-state index is 11.7. The summed E-state index contributed by atoms with van der Waals surface area (Å²) in [6.07, 6.45) is 2.56. The van der Waals surface area contributed by atoms with E-state index in [1.165, 1.54) is 0 Å². The Balaban J connectivity index is 2.24. The fraction of sp³-hybridized carbons (Fsp3) is 0.318. The Kier molecular flexibility index (Phi) is 7.89. The lowest BCUT2D eigenvalue weighted by Crippen LogP contribution is -2.15. The van der Waals surface area contributed by atoms with Gasteiger partial charge in [-0.2, -0.15) is 0 Å². The third-order valence-electron chi connectivity index (χ3n) is 3.90. The van der Waals surface area contributed by atoms with Crippen LogP contribution < -0.4 is 9.47 Å². The molecule has 144 valence electrons. The van der Waals surface area contributed by atoms with E-state index < -0.39 is 5.97 Å². The van der Waals surface area contributed by atoms with Crippen molar-refractivity contribution >= 4 is 17.6 Å². The molecule has 0 aliphatic heterocycles. The number of benzene rings is 2. The topological polar surface area (TPSA) is 59.0 Å². The molecule has 0 unspecified atom stereocenters. The Labute approximate surface area is 160 Å². The van der Waals surface area contributed by atoms with Crippen molar-refractivity contribution in [3.63, 3.8) is 0 Å². The van der Waals surface area contributed by atoms with Crippen LogP contribution in [-0.2, 0) is 4.79 Å². The Morgan fingerprint density at radius 2 is 1.81 bits per heavy atom. The zero-order chi connectivity index (χ0) is 19.6. The molecule has 2 rings (SSSR count). The number of hydrogen-bond acceptors (Lipinski definition) is 4. The van der Waals surface area contributed by atoms with Crippen molar-refractivity contribution in [2.24, 2.45) is 0 Å². The minimum Gasteiger partial charge on any atom is -0.490 e. The number of nitrogens with zero attached hydrogens (tertiary/aromatic N) is 1. The van der Waals surface area contributed by atoms with Crippen LogP contribution in [0.2, 0.25) is 0 Å². The van der Waals surface area contributed by atoms with E-state index in [1.54, 1.807) is 18.2 Å². The van der Waals surface area contributed by atoms with E-state index in [1.807, 2.05) is 57.4 Å². The number of hydrogen-bond donors (Lipinski definition) is 1. The van der Waals surface area contributed by atoms with E-state index in [-0.39, 0.29) is 5.57 Å². The molecule has 0 bridgehead atoms. The van der Waals surface area contributed by atoms with Crippen LogP contribution in [0, 0.1) is 0 Å². The number of carboxylic acids is 1. The summed E-state index contributed by atoms with van der Waals surface area (Å²) in [7, 11) is 4.05. The molecule has 0 radical (unpaired) electrons. The smallest absolute Gasteiger partial charge is 0.336 e. The summed E-state index contributed by atoms with van der Waals surface area (Å²) in [4.78, 5) is 13.8. The van der Waals surface area contributed by atoms with E-state index in [9.17, 15) is 9.90 Å². The van der Waals surface area contributed by atoms with E-state index in [0.717, 1.165) is 18.5 Å². The van der Waals surface area contributed by atoms with E-state index in [0.29, 0.717) is 30.3 Å². The van der Waals surface area contributed by atoms with Crippen LogP contribution in [0.25, 0.3) is 11.6 Å². The summed E-state index contributed by atoms with van der Waals surface area (Å²) in [5.41, 5.74) is 1.64. The van der Waals surface area contributed by atoms with Crippen molar-refractivity contribution < 1.29 is 19.4 Å². The first-order valence-electron chi connectivity index (χ1n) is 9.06. The summed E-state index contributed by atoms with van der Waals surface area (Å²) < 4.78 is 11.5. The van der Waals surface area contributed by atoms with Gasteiger partial charge in [0.05, 0.1) is 18.8 Å². The molecule has 0 aliphatic rings. The first-order chi connectivity index (χ1) is 13.0. The molecule has 2 aromatic rings. The van der Waals surface area contributed by atoms with Gasteiger partial charge in [-0.25, -0.2) is 4.79 Å². The quantitative estimate of drug-likeness (QED) is 0.389. The van der Waals surface area contributed by atoms with Gasteiger partial charge >= 0.3 is 5.97 Å². The average molecular weight is 369 g/mol. The SMILES string of the molecule is CCOc1cc(/C=C(/C(=O)O)c2ccccc2)ccc1OCCCN(C)C. The zero-order valence-corrected chi connectivity index (χ0v) is 16.1.